The zero-order valence-electron chi connectivity index (χ0n) is 16.7. The van der Waals surface area contributed by atoms with Crippen LogP contribution >= 0.6 is 24.0 Å². The van der Waals surface area contributed by atoms with Gasteiger partial charge < -0.3 is 20.1 Å². The zero-order valence-corrected chi connectivity index (χ0v) is 19.9. The molecule has 2 rings (SSSR count). The van der Waals surface area contributed by atoms with Crippen LogP contribution in [0, 0.1) is 0 Å². The smallest absolute Gasteiger partial charge is 0.191 e. The summed E-state index contributed by atoms with van der Waals surface area (Å²) >= 11 is 0. The fourth-order valence-electron chi connectivity index (χ4n) is 2.81. The molecule has 1 heterocycles. The fourth-order valence-corrected chi connectivity index (χ4v) is 3.84. The summed E-state index contributed by atoms with van der Waals surface area (Å²) in [5.74, 6) is 1.97. The van der Waals surface area contributed by atoms with E-state index in [0.29, 0.717) is 37.8 Å². The predicted octanol–water partition coefficient (Wildman–Crippen LogP) is 2.69. The Bertz CT molecular complexity index is 569. The molecule has 2 unspecified atom stereocenters. The third-order valence-corrected chi connectivity index (χ3v) is 5.50. The Labute approximate surface area is 188 Å². The second kappa shape index (κ2) is 16.1. The topological polar surface area (TPSA) is 72.0 Å². The lowest BCUT2D eigenvalue weighted by Crippen LogP contribution is -2.39. The minimum Gasteiger partial charge on any atom is -0.379 e. The van der Waals surface area contributed by atoms with Gasteiger partial charge in [0.1, 0.15) is 0 Å². The Morgan fingerprint density at radius 2 is 2.14 bits per heavy atom. The first kappa shape index (κ1) is 25.3. The van der Waals surface area contributed by atoms with Crippen molar-refractivity contribution in [3.8, 4) is 0 Å². The molecule has 8 heteroatoms. The van der Waals surface area contributed by atoms with Crippen LogP contribution in [0.4, 0.5) is 0 Å². The summed E-state index contributed by atoms with van der Waals surface area (Å²) in [7, 11) is -0.880. The molecular weight excluding hydrogens is 489 g/mol. The van der Waals surface area contributed by atoms with Gasteiger partial charge in [-0.05, 0) is 31.7 Å². The largest absolute Gasteiger partial charge is 0.379 e. The van der Waals surface area contributed by atoms with E-state index in [4.69, 9.17) is 9.47 Å². The monoisotopic (exact) mass is 523 g/mol. The second-order valence-corrected chi connectivity index (χ2v) is 8.10. The van der Waals surface area contributed by atoms with Crippen LogP contribution in [-0.2, 0) is 26.0 Å². The fraction of sp³-hybridized carbons (Fsp3) is 0.650. The maximum atomic E-state index is 12.2. The van der Waals surface area contributed by atoms with Crippen LogP contribution in [0.15, 0.2) is 35.3 Å². The number of guanidine groups is 1. The van der Waals surface area contributed by atoms with E-state index >= 15 is 0 Å². The minimum absolute atomic E-state index is 0. The molecule has 0 amide bonds. The molecule has 0 bridgehead atoms. The van der Waals surface area contributed by atoms with E-state index in [1.807, 2.05) is 37.3 Å². The quantitative estimate of drug-likeness (QED) is 0.191. The highest BCUT2D eigenvalue weighted by molar-refractivity contribution is 14.0. The molecule has 160 valence electrons. The number of aliphatic imine (C=N–C) groups is 1. The average molecular weight is 523 g/mol. The molecule has 1 aromatic carbocycles. The van der Waals surface area contributed by atoms with E-state index in [1.165, 1.54) is 0 Å². The lowest BCUT2D eigenvalue weighted by molar-refractivity contribution is 0.0171. The van der Waals surface area contributed by atoms with Gasteiger partial charge in [0.05, 0.1) is 12.7 Å². The zero-order chi connectivity index (χ0) is 19.2. The van der Waals surface area contributed by atoms with Gasteiger partial charge in [0.15, 0.2) is 5.96 Å². The minimum atomic E-state index is -0.880. The summed E-state index contributed by atoms with van der Waals surface area (Å²) in [6, 6.07) is 9.95. The van der Waals surface area contributed by atoms with E-state index in [9.17, 15) is 4.21 Å². The highest BCUT2D eigenvalue weighted by atomic mass is 127. The van der Waals surface area contributed by atoms with Gasteiger partial charge in [-0.15, -0.1) is 24.0 Å². The number of benzene rings is 1. The molecule has 0 aromatic heterocycles. The van der Waals surface area contributed by atoms with Crippen LogP contribution in [0.5, 0.6) is 0 Å². The number of hydrogen-bond acceptors (Lipinski definition) is 4. The second-order valence-electron chi connectivity index (χ2n) is 6.52. The van der Waals surface area contributed by atoms with Crippen molar-refractivity contribution in [2.75, 3.05) is 45.2 Å². The lowest BCUT2D eigenvalue weighted by atomic mass is 10.2. The number of nitrogens with one attached hydrogen (secondary N) is 2. The number of nitrogens with zero attached hydrogens (tertiary/aromatic N) is 1. The summed E-state index contributed by atoms with van der Waals surface area (Å²) < 4.78 is 23.4. The maximum absolute atomic E-state index is 12.2. The summed E-state index contributed by atoms with van der Waals surface area (Å²) in [6.45, 7) is 6.43. The van der Waals surface area contributed by atoms with Crippen LogP contribution in [0.1, 0.15) is 31.7 Å². The van der Waals surface area contributed by atoms with Crippen molar-refractivity contribution in [3.63, 3.8) is 0 Å². The van der Waals surface area contributed by atoms with Gasteiger partial charge in [0, 0.05) is 55.2 Å². The first-order valence-electron chi connectivity index (χ1n) is 9.88. The molecule has 6 nitrogen and oxygen atoms in total. The van der Waals surface area contributed by atoms with Gasteiger partial charge in [-0.25, -0.2) is 0 Å². The standard InChI is InChI=1S/C20H33N3O3S.HI/c1-2-21-20(22-11-7-13-25-16-19-10-6-14-26-19)23-12-15-27(24)17-18-8-4-3-5-9-18;/h3-5,8-9,19H,2,6-7,10-17H2,1H3,(H2,21,22,23);1H. The first-order valence-corrected chi connectivity index (χ1v) is 11.4. The Balaban J connectivity index is 0.00000392. The van der Waals surface area contributed by atoms with Crippen molar-refractivity contribution in [1.29, 1.82) is 0 Å². The Kier molecular flexibility index (Phi) is 14.6. The number of hydrogen-bond donors (Lipinski definition) is 2. The van der Waals surface area contributed by atoms with Crippen molar-refractivity contribution >= 4 is 40.7 Å². The molecule has 1 aliphatic rings. The van der Waals surface area contributed by atoms with Gasteiger partial charge in [0.2, 0.25) is 0 Å². The van der Waals surface area contributed by atoms with Crippen molar-refractivity contribution < 1.29 is 13.7 Å². The molecule has 1 fully saturated rings. The lowest BCUT2D eigenvalue weighted by Gasteiger charge is -2.12. The molecule has 2 atom stereocenters. The van der Waals surface area contributed by atoms with Gasteiger partial charge in [0.25, 0.3) is 0 Å². The Morgan fingerprint density at radius 3 is 2.86 bits per heavy atom. The summed E-state index contributed by atoms with van der Waals surface area (Å²) in [6.07, 6.45) is 3.41. The Morgan fingerprint density at radius 1 is 1.32 bits per heavy atom. The number of ether oxygens (including phenoxy) is 2. The molecule has 1 saturated heterocycles. The maximum Gasteiger partial charge on any atom is 0.191 e. The van der Waals surface area contributed by atoms with Gasteiger partial charge in [-0.2, -0.15) is 0 Å². The molecule has 2 N–H and O–H groups in total. The van der Waals surface area contributed by atoms with Crippen molar-refractivity contribution in [1.82, 2.24) is 10.6 Å². The summed E-state index contributed by atoms with van der Waals surface area (Å²) in [4.78, 5) is 4.55. The number of rotatable bonds is 12. The van der Waals surface area contributed by atoms with Crippen LogP contribution in [-0.4, -0.2) is 61.5 Å². The summed E-state index contributed by atoms with van der Waals surface area (Å²) in [5.41, 5.74) is 1.11. The van der Waals surface area contributed by atoms with Crippen molar-refractivity contribution in [3.05, 3.63) is 35.9 Å². The van der Waals surface area contributed by atoms with E-state index < -0.39 is 10.8 Å². The molecule has 0 aliphatic carbocycles. The molecule has 28 heavy (non-hydrogen) atoms. The molecule has 1 aliphatic heterocycles. The van der Waals surface area contributed by atoms with Crippen LogP contribution in [0.25, 0.3) is 0 Å². The average Bonchev–Trinajstić information content (AvgIpc) is 3.18. The predicted molar refractivity (Wildman–Crippen MR) is 127 cm³/mol. The number of halogens is 1. The molecule has 1 aromatic rings. The SMILES string of the molecule is CCNC(=NCCCOCC1CCCO1)NCCS(=O)Cc1ccccc1.I. The van der Waals surface area contributed by atoms with Gasteiger partial charge in [-0.1, -0.05) is 30.3 Å². The molecule has 0 spiro atoms. The van der Waals surface area contributed by atoms with Gasteiger partial charge >= 0.3 is 0 Å². The molecule has 0 saturated carbocycles. The van der Waals surface area contributed by atoms with Crippen molar-refractivity contribution in [2.45, 2.75) is 38.0 Å². The van der Waals surface area contributed by atoms with Crippen LogP contribution < -0.4 is 10.6 Å². The normalized spacial score (nSPS) is 17.8. The molecular formula is C20H34IN3O3S. The van der Waals surface area contributed by atoms with E-state index in [1.54, 1.807) is 0 Å². The van der Waals surface area contributed by atoms with E-state index in [-0.39, 0.29) is 30.1 Å². The third kappa shape index (κ3) is 11.3. The van der Waals surface area contributed by atoms with Crippen LogP contribution in [0.3, 0.4) is 0 Å². The van der Waals surface area contributed by atoms with Crippen molar-refractivity contribution in [2.24, 2.45) is 4.99 Å². The Hall–Kier alpha value is -0.710. The van der Waals surface area contributed by atoms with Gasteiger partial charge in [-0.3, -0.25) is 9.20 Å². The highest BCUT2D eigenvalue weighted by Crippen LogP contribution is 2.11. The highest BCUT2D eigenvalue weighted by Gasteiger charge is 2.14. The summed E-state index contributed by atoms with van der Waals surface area (Å²) in [5, 5.41) is 6.48. The van der Waals surface area contributed by atoms with Crippen LogP contribution in [0.2, 0.25) is 0 Å². The van der Waals surface area contributed by atoms with E-state index in [2.05, 4.69) is 15.6 Å². The van der Waals surface area contributed by atoms with E-state index in [0.717, 1.165) is 43.9 Å². The molecule has 0 radical (unpaired) electrons. The third-order valence-electron chi connectivity index (χ3n) is 4.18. The first-order chi connectivity index (χ1) is 13.3.